The van der Waals surface area contributed by atoms with E-state index in [4.69, 9.17) is 9.47 Å². The summed E-state index contributed by atoms with van der Waals surface area (Å²) in [5, 5.41) is 2.83. The van der Waals surface area contributed by atoms with Crippen LogP contribution in [0.3, 0.4) is 0 Å². The predicted octanol–water partition coefficient (Wildman–Crippen LogP) is 3.30. The van der Waals surface area contributed by atoms with Crippen LogP contribution in [0.1, 0.15) is 12.0 Å². The van der Waals surface area contributed by atoms with Crippen LogP contribution in [0.25, 0.3) is 0 Å². The fourth-order valence-electron chi connectivity index (χ4n) is 2.48. The second-order valence-electron chi connectivity index (χ2n) is 5.73. The maximum Gasteiger partial charge on any atom is 0.322 e. The number of amides is 2. The number of anilines is 1. The van der Waals surface area contributed by atoms with Crippen LogP contribution >= 0.6 is 0 Å². The number of benzene rings is 2. The summed E-state index contributed by atoms with van der Waals surface area (Å²) in [6, 6.07) is 14.3. The Kier molecular flexibility index (Phi) is 7.49. The molecule has 7 heteroatoms. The number of ether oxygens (including phenoxy) is 3. The molecule has 2 amide bonds. The number of methoxy groups -OCH3 is 3. The second kappa shape index (κ2) is 10.1. The SMILES string of the molecule is COC(=O)CCN(Cc1ccccc1)C(=O)Nc1ccc(OC)cc1OC. The summed E-state index contributed by atoms with van der Waals surface area (Å²) in [7, 11) is 4.40. The van der Waals surface area contributed by atoms with E-state index < -0.39 is 0 Å². The van der Waals surface area contributed by atoms with Crippen LogP contribution in [0.2, 0.25) is 0 Å². The van der Waals surface area contributed by atoms with Gasteiger partial charge >= 0.3 is 12.0 Å². The summed E-state index contributed by atoms with van der Waals surface area (Å²) in [5.41, 5.74) is 1.47. The third-order valence-electron chi connectivity index (χ3n) is 3.97. The molecule has 0 heterocycles. The molecule has 0 unspecified atom stereocenters. The number of carbonyl (C=O) groups is 2. The molecule has 2 aromatic rings. The molecular weight excluding hydrogens is 348 g/mol. The zero-order valence-corrected chi connectivity index (χ0v) is 15.7. The largest absolute Gasteiger partial charge is 0.497 e. The molecule has 27 heavy (non-hydrogen) atoms. The average molecular weight is 372 g/mol. The number of urea groups is 1. The number of carbonyl (C=O) groups excluding carboxylic acids is 2. The first-order valence-corrected chi connectivity index (χ1v) is 8.46. The number of esters is 1. The summed E-state index contributed by atoms with van der Waals surface area (Å²) in [6.07, 6.45) is 0.108. The molecule has 7 nitrogen and oxygen atoms in total. The standard InChI is InChI=1S/C20H24N2O5/c1-25-16-9-10-17(18(13-16)26-2)21-20(24)22(12-11-19(23)27-3)14-15-7-5-4-6-8-15/h4-10,13H,11-12,14H2,1-3H3,(H,21,24). The van der Waals surface area contributed by atoms with E-state index in [1.807, 2.05) is 30.3 Å². The van der Waals surface area contributed by atoms with Gasteiger partial charge in [-0.15, -0.1) is 0 Å². The van der Waals surface area contributed by atoms with Crippen molar-refractivity contribution in [1.82, 2.24) is 4.90 Å². The Labute approximate surface area is 158 Å². The lowest BCUT2D eigenvalue weighted by Gasteiger charge is -2.23. The van der Waals surface area contributed by atoms with E-state index in [-0.39, 0.29) is 25.0 Å². The quantitative estimate of drug-likeness (QED) is 0.720. The maximum atomic E-state index is 12.8. The van der Waals surface area contributed by atoms with Crippen molar-refractivity contribution < 1.29 is 23.8 Å². The summed E-state index contributed by atoms with van der Waals surface area (Å²) in [6.45, 7) is 0.591. The third kappa shape index (κ3) is 5.91. The molecule has 0 bridgehead atoms. The van der Waals surface area contributed by atoms with E-state index in [0.29, 0.717) is 23.7 Å². The molecule has 0 aromatic heterocycles. The number of nitrogens with zero attached hydrogens (tertiary/aromatic N) is 1. The van der Waals surface area contributed by atoms with Gasteiger partial charge in [-0.05, 0) is 17.7 Å². The van der Waals surface area contributed by atoms with Crippen LogP contribution in [0.5, 0.6) is 11.5 Å². The molecular formula is C20H24N2O5. The van der Waals surface area contributed by atoms with Crippen molar-refractivity contribution in [2.45, 2.75) is 13.0 Å². The molecule has 0 aliphatic heterocycles. The summed E-state index contributed by atoms with van der Waals surface area (Å²) < 4.78 is 15.2. The number of rotatable bonds is 8. The van der Waals surface area contributed by atoms with Crippen molar-refractivity contribution in [1.29, 1.82) is 0 Å². The molecule has 0 spiro atoms. The number of hydrogen-bond acceptors (Lipinski definition) is 5. The molecule has 0 aliphatic rings. The van der Waals surface area contributed by atoms with Gasteiger partial charge in [0.25, 0.3) is 0 Å². The first-order valence-electron chi connectivity index (χ1n) is 8.46. The van der Waals surface area contributed by atoms with Crippen molar-refractivity contribution in [3.63, 3.8) is 0 Å². The van der Waals surface area contributed by atoms with Crippen LogP contribution in [-0.4, -0.2) is 44.8 Å². The van der Waals surface area contributed by atoms with E-state index in [2.05, 4.69) is 10.1 Å². The van der Waals surface area contributed by atoms with E-state index in [1.165, 1.54) is 14.2 Å². The lowest BCUT2D eigenvalue weighted by Crippen LogP contribution is -2.36. The molecule has 2 rings (SSSR count). The minimum Gasteiger partial charge on any atom is -0.497 e. The highest BCUT2D eigenvalue weighted by molar-refractivity contribution is 5.91. The first kappa shape index (κ1) is 20.1. The Balaban J connectivity index is 2.15. The molecule has 0 radical (unpaired) electrons. The maximum absolute atomic E-state index is 12.8. The molecule has 0 aliphatic carbocycles. The lowest BCUT2D eigenvalue weighted by molar-refractivity contribution is -0.140. The summed E-state index contributed by atoms with van der Waals surface area (Å²) >= 11 is 0. The monoisotopic (exact) mass is 372 g/mol. The Hall–Kier alpha value is -3.22. The van der Waals surface area contributed by atoms with Crippen molar-refractivity contribution in [3.8, 4) is 11.5 Å². The van der Waals surface area contributed by atoms with Gasteiger partial charge in [0.15, 0.2) is 0 Å². The van der Waals surface area contributed by atoms with E-state index in [9.17, 15) is 9.59 Å². The summed E-state index contributed by atoms with van der Waals surface area (Å²) in [4.78, 5) is 25.9. The Morgan fingerprint density at radius 1 is 1.00 bits per heavy atom. The average Bonchev–Trinajstić information content (AvgIpc) is 2.71. The third-order valence-corrected chi connectivity index (χ3v) is 3.97. The highest BCUT2D eigenvalue weighted by Gasteiger charge is 2.18. The Morgan fingerprint density at radius 3 is 2.37 bits per heavy atom. The zero-order chi connectivity index (χ0) is 19.6. The first-order chi connectivity index (χ1) is 13.1. The molecule has 2 aromatic carbocycles. The van der Waals surface area contributed by atoms with Gasteiger partial charge in [0.1, 0.15) is 11.5 Å². The van der Waals surface area contributed by atoms with E-state index in [1.54, 1.807) is 30.2 Å². The normalized spacial score (nSPS) is 10.0. The molecule has 0 saturated heterocycles. The summed E-state index contributed by atoms with van der Waals surface area (Å²) in [5.74, 6) is 0.731. The van der Waals surface area contributed by atoms with Gasteiger partial charge in [-0.2, -0.15) is 0 Å². The van der Waals surface area contributed by atoms with Gasteiger partial charge in [0.2, 0.25) is 0 Å². The fourth-order valence-corrected chi connectivity index (χ4v) is 2.48. The minimum atomic E-state index is -0.372. The Bertz CT molecular complexity index is 764. The van der Waals surface area contributed by atoms with Gasteiger partial charge in [0, 0.05) is 19.2 Å². The van der Waals surface area contributed by atoms with Gasteiger partial charge < -0.3 is 24.4 Å². The van der Waals surface area contributed by atoms with Crippen LogP contribution in [0.4, 0.5) is 10.5 Å². The topological polar surface area (TPSA) is 77.1 Å². The fraction of sp³-hybridized carbons (Fsp3) is 0.300. The van der Waals surface area contributed by atoms with Crippen molar-refractivity contribution >= 4 is 17.7 Å². The van der Waals surface area contributed by atoms with E-state index >= 15 is 0 Å². The van der Waals surface area contributed by atoms with E-state index in [0.717, 1.165) is 5.56 Å². The van der Waals surface area contributed by atoms with Gasteiger partial charge in [0.05, 0.1) is 33.4 Å². The van der Waals surface area contributed by atoms with Crippen LogP contribution in [0, 0.1) is 0 Å². The van der Waals surface area contributed by atoms with Gasteiger partial charge in [-0.1, -0.05) is 30.3 Å². The van der Waals surface area contributed by atoms with Crippen molar-refractivity contribution in [2.75, 3.05) is 33.2 Å². The van der Waals surface area contributed by atoms with Crippen LogP contribution in [0.15, 0.2) is 48.5 Å². The van der Waals surface area contributed by atoms with Crippen LogP contribution in [-0.2, 0) is 16.1 Å². The minimum absolute atomic E-state index is 0.108. The second-order valence-corrected chi connectivity index (χ2v) is 5.73. The van der Waals surface area contributed by atoms with Crippen molar-refractivity contribution in [3.05, 3.63) is 54.1 Å². The van der Waals surface area contributed by atoms with Crippen molar-refractivity contribution in [2.24, 2.45) is 0 Å². The zero-order valence-electron chi connectivity index (χ0n) is 15.7. The lowest BCUT2D eigenvalue weighted by atomic mass is 10.2. The Morgan fingerprint density at radius 2 is 1.74 bits per heavy atom. The van der Waals surface area contributed by atoms with Crippen LogP contribution < -0.4 is 14.8 Å². The highest BCUT2D eigenvalue weighted by Crippen LogP contribution is 2.29. The molecule has 144 valence electrons. The molecule has 1 N–H and O–H groups in total. The smallest absolute Gasteiger partial charge is 0.322 e. The molecule has 0 fully saturated rings. The number of hydrogen-bond donors (Lipinski definition) is 1. The number of nitrogens with one attached hydrogen (secondary N) is 1. The van der Waals surface area contributed by atoms with Gasteiger partial charge in [-0.3, -0.25) is 4.79 Å². The highest BCUT2D eigenvalue weighted by atomic mass is 16.5. The van der Waals surface area contributed by atoms with Gasteiger partial charge in [-0.25, -0.2) is 4.79 Å². The predicted molar refractivity (Wildman–Crippen MR) is 102 cm³/mol. The molecule has 0 atom stereocenters. The molecule has 0 saturated carbocycles.